The normalized spacial score (nSPS) is 10.4. The highest BCUT2D eigenvalue weighted by Gasteiger charge is 2.17. The van der Waals surface area contributed by atoms with E-state index in [2.05, 4.69) is 11.2 Å². The van der Waals surface area contributed by atoms with Crippen molar-refractivity contribution in [3.8, 4) is 11.8 Å². The molecule has 9 heteroatoms. The van der Waals surface area contributed by atoms with Crippen LogP contribution in [0.5, 0.6) is 0 Å². The minimum Gasteiger partial charge on any atom is -0.311 e. The molecule has 1 amide bonds. The highest BCUT2D eigenvalue weighted by atomic mass is 32.2. The van der Waals surface area contributed by atoms with E-state index < -0.39 is 0 Å². The van der Waals surface area contributed by atoms with Gasteiger partial charge in [-0.25, -0.2) is 9.07 Å². The number of para-hydroxylation sites is 1. The number of nitrogens with zero attached hydrogens (tertiary/aromatic N) is 4. The van der Waals surface area contributed by atoms with Gasteiger partial charge in [0.25, 0.3) is 0 Å². The monoisotopic (exact) mass is 430 g/mol. The Hall–Kier alpha value is -2.54. The number of thioether (sulfide) groups is 1. The minimum atomic E-state index is -0.330. The molecule has 0 aliphatic carbocycles. The molecule has 1 heterocycles. The Kier molecular flexibility index (Phi) is 6.92. The first kappa shape index (κ1) is 20.2. The van der Waals surface area contributed by atoms with Crippen LogP contribution in [0.3, 0.4) is 0 Å². The Morgan fingerprint density at radius 3 is 2.64 bits per heavy atom. The molecule has 0 aliphatic heterocycles. The molecular weight excluding hydrogens is 415 g/mol. The first-order valence-corrected chi connectivity index (χ1v) is 10.5. The second-order valence-corrected chi connectivity index (χ2v) is 8.44. The second-order valence-electron chi connectivity index (χ2n) is 5.60. The van der Waals surface area contributed by atoms with Crippen LogP contribution in [0.15, 0.2) is 58.9 Å². The summed E-state index contributed by atoms with van der Waals surface area (Å²) in [5.74, 6) is -0.267. The molecular formula is C19H15FN4OS3. The lowest BCUT2D eigenvalue weighted by atomic mass is 10.2. The van der Waals surface area contributed by atoms with E-state index in [0.717, 1.165) is 5.69 Å². The van der Waals surface area contributed by atoms with Crippen molar-refractivity contribution in [3.63, 3.8) is 0 Å². The number of carbonyl (C=O) groups excluding carboxylic acids is 1. The van der Waals surface area contributed by atoms with Gasteiger partial charge < -0.3 is 4.90 Å². The SMILES string of the molecule is N#CCCN(C(=O)CSc1nn(-c2ccc(F)cc2)c(=S)s1)c1ccccc1. The van der Waals surface area contributed by atoms with Crippen LogP contribution in [0.25, 0.3) is 5.69 Å². The van der Waals surface area contributed by atoms with Crippen molar-refractivity contribution in [2.45, 2.75) is 10.8 Å². The first-order valence-electron chi connectivity index (χ1n) is 8.30. The van der Waals surface area contributed by atoms with E-state index in [1.165, 1.54) is 35.2 Å². The van der Waals surface area contributed by atoms with Crippen molar-refractivity contribution in [3.05, 3.63) is 64.4 Å². The molecule has 28 heavy (non-hydrogen) atoms. The first-order chi connectivity index (χ1) is 13.6. The number of carbonyl (C=O) groups is 1. The molecule has 0 spiro atoms. The van der Waals surface area contributed by atoms with Crippen molar-refractivity contribution < 1.29 is 9.18 Å². The predicted molar refractivity (Wildman–Crippen MR) is 112 cm³/mol. The van der Waals surface area contributed by atoms with Crippen LogP contribution in [-0.2, 0) is 4.79 Å². The average molecular weight is 431 g/mol. The number of nitriles is 1. The summed E-state index contributed by atoms with van der Waals surface area (Å²) in [4.78, 5) is 14.3. The molecule has 0 fully saturated rings. The molecule has 0 unspecified atom stereocenters. The number of hydrogen-bond donors (Lipinski definition) is 0. The molecule has 0 saturated heterocycles. The van der Waals surface area contributed by atoms with E-state index in [4.69, 9.17) is 17.5 Å². The summed E-state index contributed by atoms with van der Waals surface area (Å²) >= 11 is 7.92. The zero-order chi connectivity index (χ0) is 19.9. The van der Waals surface area contributed by atoms with Gasteiger partial charge in [0.1, 0.15) is 5.82 Å². The molecule has 0 atom stereocenters. The topological polar surface area (TPSA) is 61.9 Å². The fourth-order valence-corrected chi connectivity index (χ4v) is 4.67. The standard InChI is InChI=1S/C19H15FN4OS3/c20-14-7-9-16(10-8-14)24-19(26)28-18(22-24)27-13-17(25)23(12-4-11-21)15-5-2-1-3-6-15/h1-3,5-10H,4,12-13H2. The number of benzene rings is 2. The van der Waals surface area contributed by atoms with Gasteiger partial charge in [0.05, 0.1) is 23.9 Å². The third-order valence-corrected chi connectivity index (χ3v) is 6.09. The fourth-order valence-electron chi connectivity index (χ4n) is 2.43. The summed E-state index contributed by atoms with van der Waals surface area (Å²) in [6, 6.07) is 17.2. The zero-order valence-corrected chi connectivity index (χ0v) is 17.1. The van der Waals surface area contributed by atoms with Crippen molar-refractivity contribution in [1.82, 2.24) is 9.78 Å². The number of rotatable bonds is 7. The summed E-state index contributed by atoms with van der Waals surface area (Å²) in [7, 11) is 0. The van der Waals surface area contributed by atoms with Gasteiger partial charge in [0.2, 0.25) is 5.91 Å². The summed E-state index contributed by atoms with van der Waals surface area (Å²) in [5, 5.41) is 13.3. The van der Waals surface area contributed by atoms with E-state index in [9.17, 15) is 9.18 Å². The Bertz CT molecular complexity index is 1040. The summed E-state index contributed by atoms with van der Waals surface area (Å²) in [6.45, 7) is 0.333. The zero-order valence-electron chi connectivity index (χ0n) is 14.6. The molecule has 3 aromatic rings. The number of halogens is 1. The quantitative estimate of drug-likeness (QED) is 0.396. The van der Waals surface area contributed by atoms with Gasteiger partial charge in [-0.15, -0.1) is 5.10 Å². The van der Waals surface area contributed by atoms with Crippen LogP contribution >= 0.6 is 35.3 Å². The van der Waals surface area contributed by atoms with Crippen LogP contribution in [0.2, 0.25) is 0 Å². The Balaban J connectivity index is 1.71. The molecule has 0 radical (unpaired) electrons. The highest BCUT2D eigenvalue weighted by molar-refractivity contribution is 8.01. The summed E-state index contributed by atoms with van der Waals surface area (Å²) in [5.41, 5.74) is 1.42. The van der Waals surface area contributed by atoms with E-state index in [1.54, 1.807) is 21.7 Å². The largest absolute Gasteiger partial charge is 0.311 e. The number of aromatic nitrogens is 2. The second kappa shape index (κ2) is 9.59. The third kappa shape index (κ3) is 5.04. The van der Waals surface area contributed by atoms with Crippen LogP contribution < -0.4 is 4.90 Å². The van der Waals surface area contributed by atoms with Gasteiger partial charge in [-0.1, -0.05) is 41.3 Å². The van der Waals surface area contributed by atoms with E-state index >= 15 is 0 Å². The predicted octanol–water partition coefficient (Wildman–Crippen LogP) is 4.84. The summed E-state index contributed by atoms with van der Waals surface area (Å²) < 4.78 is 15.8. The lowest BCUT2D eigenvalue weighted by Gasteiger charge is -2.21. The van der Waals surface area contributed by atoms with E-state index in [0.29, 0.717) is 20.5 Å². The molecule has 0 aliphatic rings. The van der Waals surface area contributed by atoms with Gasteiger partial charge in [0, 0.05) is 12.2 Å². The molecule has 5 nitrogen and oxygen atoms in total. The van der Waals surface area contributed by atoms with Crippen LogP contribution in [0.4, 0.5) is 10.1 Å². The maximum atomic E-state index is 13.1. The molecule has 2 aromatic carbocycles. The number of amides is 1. The van der Waals surface area contributed by atoms with E-state index in [-0.39, 0.29) is 23.9 Å². The van der Waals surface area contributed by atoms with Gasteiger partial charge in [-0.3, -0.25) is 4.79 Å². The van der Waals surface area contributed by atoms with Gasteiger partial charge in [0.15, 0.2) is 8.29 Å². The van der Waals surface area contributed by atoms with Crippen LogP contribution in [0, 0.1) is 21.1 Å². The maximum Gasteiger partial charge on any atom is 0.237 e. The van der Waals surface area contributed by atoms with Crippen LogP contribution in [-0.4, -0.2) is 28.0 Å². The lowest BCUT2D eigenvalue weighted by Crippen LogP contribution is -2.33. The van der Waals surface area contributed by atoms with Gasteiger partial charge in [-0.2, -0.15) is 5.26 Å². The molecule has 1 aromatic heterocycles. The molecule has 142 valence electrons. The van der Waals surface area contributed by atoms with Crippen molar-refractivity contribution in [2.24, 2.45) is 0 Å². The number of anilines is 1. The molecule has 0 bridgehead atoms. The van der Waals surface area contributed by atoms with Crippen LogP contribution in [0.1, 0.15) is 6.42 Å². The van der Waals surface area contributed by atoms with Gasteiger partial charge >= 0.3 is 0 Å². The number of hydrogen-bond acceptors (Lipinski definition) is 6. The van der Waals surface area contributed by atoms with Crippen molar-refractivity contribution in [1.29, 1.82) is 5.26 Å². The average Bonchev–Trinajstić information content (AvgIpc) is 3.08. The Morgan fingerprint density at radius 1 is 1.25 bits per heavy atom. The van der Waals surface area contributed by atoms with E-state index in [1.807, 2.05) is 30.3 Å². The lowest BCUT2D eigenvalue weighted by molar-refractivity contribution is -0.116. The summed E-state index contributed by atoms with van der Waals surface area (Å²) in [6.07, 6.45) is 0.253. The Morgan fingerprint density at radius 2 is 1.96 bits per heavy atom. The van der Waals surface area contributed by atoms with Crippen molar-refractivity contribution in [2.75, 3.05) is 17.2 Å². The minimum absolute atomic E-state index is 0.110. The fraction of sp³-hybridized carbons (Fsp3) is 0.158. The highest BCUT2D eigenvalue weighted by Crippen LogP contribution is 2.25. The molecule has 0 N–H and O–H groups in total. The molecule has 0 saturated carbocycles. The van der Waals surface area contributed by atoms with Crippen molar-refractivity contribution >= 4 is 46.9 Å². The smallest absolute Gasteiger partial charge is 0.237 e. The third-order valence-electron chi connectivity index (χ3n) is 3.74. The Labute approximate surface area is 175 Å². The molecule has 3 rings (SSSR count). The van der Waals surface area contributed by atoms with Gasteiger partial charge in [-0.05, 0) is 48.6 Å². The maximum absolute atomic E-state index is 13.1.